The molecule has 0 aliphatic heterocycles. The number of carbonyl (C=O) groups excluding carboxylic acids is 1. The van der Waals surface area contributed by atoms with Crippen LogP contribution in [-0.4, -0.2) is 26.4 Å². The number of benzene rings is 4. The Balaban J connectivity index is 1.26. The van der Waals surface area contributed by atoms with Crippen molar-refractivity contribution in [1.29, 1.82) is 0 Å². The molecule has 0 radical (unpaired) electrons. The number of amides is 1. The molecule has 0 saturated carbocycles. The van der Waals surface area contributed by atoms with Gasteiger partial charge in [0.1, 0.15) is 0 Å². The van der Waals surface area contributed by atoms with Gasteiger partial charge in [-0.05, 0) is 70.4 Å². The number of para-hydroxylation sites is 1. The molecular formula is C28H24IN5OS. The van der Waals surface area contributed by atoms with E-state index in [1.165, 1.54) is 15.3 Å². The lowest BCUT2D eigenvalue weighted by Gasteiger charge is -2.12. The first-order valence-electron chi connectivity index (χ1n) is 11.6. The molecule has 0 aliphatic carbocycles. The molecule has 0 unspecified atom stereocenters. The zero-order valence-electron chi connectivity index (χ0n) is 19.4. The molecule has 36 heavy (non-hydrogen) atoms. The molecular weight excluding hydrogens is 581 g/mol. The van der Waals surface area contributed by atoms with Gasteiger partial charge in [0.05, 0.1) is 6.54 Å². The van der Waals surface area contributed by atoms with Gasteiger partial charge in [0.15, 0.2) is 11.0 Å². The Morgan fingerprint density at radius 2 is 1.61 bits per heavy atom. The summed E-state index contributed by atoms with van der Waals surface area (Å²) in [6.45, 7) is 0.532. The smallest absolute Gasteiger partial charge is 0.225 e. The highest BCUT2D eigenvalue weighted by Crippen LogP contribution is 2.25. The zero-order valence-corrected chi connectivity index (χ0v) is 22.4. The monoisotopic (exact) mass is 605 g/mol. The van der Waals surface area contributed by atoms with Gasteiger partial charge in [0.25, 0.3) is 0 Å². The summed E-state index contributed by atoms with van der Waals surface area (Å²) in [6.07, 6.45) is 0.367. The van der Waals surface area contributed by atoms with Crippen LogP contribution in [0.3, 0.4) is 0 Å². The Kier molecular flexibility index (Phi) is 7.82. The van der Waals surface area contributed by atoms with E-state index >= 15 is 0 Å². The van der Waals surface area contributed by atoms with Crippen molar-refractivity contribution in [3.63, 3.8) is 0 Å². The van der Waals surface area contributed by atoms with E-state index in [0.717, 1.165) is 38.8 Å². The molecule has 180 valence electrons. The summed E-state index contributed by atoms with van der Waals surface area (Å²) in [6, 6.07) is 32.3. The first-order valence-corrected chi connectivity index (χ1v) is 13.6. The summed E-state index contributed by atoms with van der Waals surface area (Å²) in [7, 11) is 0. The van der Waals surface area contributed by atoms with Gasteiger partial charge in [0.2, 0.25) is 5.91 Å². The number of fused-ring (bicyclic) bond motifs is 1. The SMILES string of the molecule is O=C(CCSc1nnc(CNc2ccc(I)cc2)n1-c1ccccc1)Nc1cccc2ccccc12. The van der Waals surface area contributed by atoms with E-state index in [1.54, 1.807) is 0 Å². The Bertz CT molecular complexity index is 1470. The second-order valence-electron chi connectivity index (χ2n) is 8.10. The molecule has 1 amide bonds. The number of hydrogen-bond acceptors (Lipinski definition) is 5. The number of aromatic nitrogens is 3. The van der Waals surface area contributed by atoms with Crippen LogP contribution in [-0.2, 0) is 11.3 Å². The van der Waals surface area contributed by atoms with Gasteiger partial charge in [-0.1, -0.05) is 66.4 Å². The normalized spacial score (nSPS) is 10.9. The lowest BCUT2D eigenvalue weighted by Crippen LogP contribution is -2.13. The summed E-state index contributed by atoms with van der Waals surface area (Å²) in [5.41, 5.74) is 2.85. The van der Waals surface area contributed by atoms with Gasteiger partial charge < -0.3 is 10.6 Å². The molecule has 5 aromatic rings. The van der Waals surface area contributed by atoms with Gasteiger partial charge in [0, 0.05) is 38.2 Å². The highest BCUT2D eigenvalue weighted by atomic mass is 127. The van der Waals surface area contributed by atoms with Crippen molar-refractivity contribution in [2.45, 2.75) is 18.1 Å². The summed E-state index contributed by atoms with van der Waals surface area (Å²) in [5.74, 6) is 1.37. The summed E-state index contributed by atoms with van der Waals surface area (Å²) < 4.78 is 3.24. The summed E-state index contributed by atoms with van der Waals surface area (Å²) >= 11 is 3.82. The summed E-state index contributed by atoms with van der Waals surface area (Å²) in [5, 5.41) is 18.3. The number of nitrogens with zero attached hydrogens (tertiary/aromatic N) is 3. The standard InChI is InChI=1S/C28H24IN5OS/c29-21-13-15-22(16-14-21)30-19-26-32-33-28(34(26)23-9-2-1-3-10-23)36-18-17-27(35)31-25-12-6-8-20-7-4-5-11-24(20)25/h1-16,30H,17-19H2,(H,31,35). The molecule has 0 atom stereocenters. The third-order valence-corrected chi connectivity index (χ3v) is 7.28. The van der Waals surface area contributed by atoms with E-state index in [9.17, 15) is 4.79 Å². The van der Waals surface area contributed by atoms with E-state index < -0.39 is 0 Å². The van der Waals surface area contributed by atoms with Crippen LogP contribution in [0, 0.1) is 3.57 Å². The van der Waals surface area contributed by atoms with E-state index in [-0.39, 0.29) is 5.91 Å². The zero-order chi connectivity index (χ0) is 24.7. The maximum atomic E-state index is 12.7. The van der Waals surface area contributed by atoms with Crippen molar-refractivity contribution in [3.05, 3.63) is 106 Å². The van der Waals surface area contributed by atoms with Crippen LogP contribution in [0.25, 0.3) is 16.5 Å². The number of hydrogen-bond donors (Lipinski definition) is 2. The molecule has 5 rings (SSSR count). The topological polar surface area (TPSA) is 71.8 Å². The molecule has 8 heteroatoms. The molecule has 4 aromatic carbocycles. The van der Waals surface area contributed by atoms with E-state index in [0.29, 0.717) is 18.7 Å². The second-order valence-corrected chi connectivity index (χ2v) is 10.4. The Morgan fingerprint density at radius 1 is 0.861 bits per heavy atom. The minimum atomic E-state index is -0.0229. The summed E-state index contributed by atoms with van der Waals surface area (Å²) in [4.78, 5) is 12.7. The molecule has 0 bridgehead atoms. The average molecular weight is 606 g/mol. The van der Waals surface area contributed by atoms with Crippen LogP contribution in [0.1, 0.15) is 12.2 Å². The first kappa shape index (κ1) is 24.3. The second kappa shape index (κ2) is 11.6. The highest BCUT2D eigenvalue weighted by molar-refractivity contribution is 14.1. The van der Waals surface area contributed by atoms with E-state index in [1.807, 2.05) is 77.4 Å². The van der Waals surface area contributed by atoms with Crippen molar-refractivity contribution >= 4 is 62.4 Å². The van der Waals surface area contributed by atoms with Crippen LogP contribution in [0.2, 0.25) is 0 Å². The number of thioether (sulfide) groups is 1. The van der Waals surface area contributed by atoms with Gasteiger partial charge in [-0.25, -0.2) is 0 Å². The van der Waals surface area contributed by atoms with Crippen LogP contribution in [0.5, 0.6) is 0 Å². The number of rotatable bonds is 9. The quantitative estimate of drug-likeness (QED) is 0.144. The Labute approximate surface area is 227 Å². The van der Waals surface area contributed by atoms with Gasteiger partial charge in [-0.15, -0.1) is 10.2 Å². The maximum Gasteiger partial charge on any atom is 0.225 e. The van der Waals surface area contributed by atoms with Crippen LogP contribution >= 0.6 is 34.4 Å². The fraction of sp³-hybridized carbons (Fsp3) is 0.107. The van der Waals surface area contributed by atoms with Gasteiger partial charge in [-0.3, -0.25) is 9.36 Å². The largest absolute Gasteiger partial charge is 0.378 e. The fourth-order valence-corrected chi connectivity index (χ4v) is 5.14. The third kappa shape index (κ3) is 5.88. The number of nitrogens with one attached hydrogen (secondary N) is 2. The van der Waals surface area contributed by atoms with Gasteiger partial charge in [-0.2, -0.15) is 0 Å². The predicted molar refractivity (Wildman–Crippen MR) is 156 cm³/mol. The number of anilines is 2. The molecule has 0 saturated heterocycles. The number of halogens is 1. The molecule has 0 aliphatic rings. The van der Waals surface area contributed by atoms with Crippen molar-refractivity contribution in [2.75, 3.05) is 16.4 Å². The van der Waals surface area contributed by atoms with E-state index in [4.69, 9.17) is 0 Å². The van der Waals surface area contributed by atoms with Crippen molar-refractivity contribution in [2.24, 2.45) is 0 Å². The highest BCUT2D eigenvalue weighted by Gasteiger charge is 2.15. The van der Waals surface area contributed by atoms with Crippen LogP contribution in [0.4, 0.5) is 11.4 Å². The van der Waals surface area contributed by atoms with E-state index in [2.05, 4.69) is 67.7 Å². The molecule has 1 heterocycles. The minimum Gasteiger partial charge on any atom is -0.378 e. The van der Waals surface area contributed by atoms with Gasteiger partial charge >= 0.3 is 0 Å². The lowest BCUT2D eigenvalue weighted by atomic mass is 10.1. The van der Waals surface area contributed by atoms with Crippen molar-refractivity contribution in [1.82, 2.24) is 14.8 Å². The van der Waals surface area contributed by atoms with Crippen LogP contribution in [0.15, 0.2) is 102 Å². The molecule has 0 spiro atoms. The number of carbonyl (C=O) groups is 1. The lowest BCUT2D eigenvalue weighted by molar-refractivity contribution is -0.115. The molecule has 2 N–H and O–H groups in total. The Morgan fingerprint density at radius 3 is 2.44 bits per heavy atom. The predicted octanol–water partition coefficient (Wildman–Crippen LogP) is 6.76. The molecule has 6 nitrogen and oxygen atoms in total. The van der Waals surface area contributed by atoms with Crippen molar-refractivity contribution in [3.8, 4) is 5.69 Å². The minimum absolute atomic E-state index is 0.0229. The average Bonchev–Trinajstić information content (AvgIpc) is 3.32. The van der Waals surface area contributed by atoms with Crippen molar-refractivity contribution < 1.29 is 4.79 Å². The third-order valence-electron chi connectivity index (χ3n) is 5.63. The first-order chi connectivity index (χ1) is 17.7. The Hall–Kier alpha value is -3.37. The molecule has 1 aromatic heterocycles. The fourth-order valence-electron chi connectivity index (χ4n) is 3.88. The molecule has 0 fully saturated rings. The maximum absolute atomic E-state index is 12.7. The van der Waals surface area contributed by atoms with Crippen LogP contribution < -0.4 is 10.6 Å².